The van der Waals surface area contributed by atoms with Crippen LogP contribution in [0, 0.1) is 5.41 Å². The van der Waals surface area contributed by atoms with E-state index in [4.69, 9.17) is 5.73 Å². The average molecular weight is 257 g/mol. The Bertz CT molecular complexity index is 229. The van der Waals surface area contributed by atoms with Crippen molar-refractivity contribution in [3.8, 4) is 0 Å². The lowest BCUT2D eigenvalue weighted by atomic mass is 9.87. The number of hydrogen-bond donors (Lipinski definition) is 2. The van der Waals surface area contributed by atoms with Crippen LogP contribution in [-0.4, -0.2) is 44.0 Å². The minimum Gasteiger partial charge on any atom is -0.358 e. The predicted octanol–water partition coefficient (Wildman–Crippen LogP) is 1.60. The lowest BCUT2D eigenvalue weighted by Crippen LogP contribution is -2.36. The molecule has 3 N–H and O–H groups in total. The van der Waals surface area contributed by atoms with Crippen molar-refractivity contribution in [2.75, 3.05) is 33.2 Å². The maximum absolute atomic E-state index is 11.4. The van der Waals surface area contributed by atoms with Gasteiger partial charge in [0.15, 0.2) is 0 Å². The van der Waals surface area contributed by atoms with E-state index in [1.165, 1.54) is 6.42 Å². The van der Waals surface area contributed by atoms with Crippen molar-refractivity contribution in [1.82, 2.24) is 10.2 Å². The topological polar surface area (TPSA) is 58.4 Å². The van der Waals surface area contributed by atoms with Crippen molar-refractivity contribution in [2.24, 2.45) is 11.1 Å². The second-order valence-electron chi connectivity index (χ2n) is 5.77. The fourth-order valence-electron chi connectivity index (χ4n) is 1.91. The zero-order valence-electron chi connectivity index (χ0n) is 12.6. The van der Waals surface area contributed by atoms with Crippen LogP contribution in [-0.2, 0) is 4.79 Å². The predicted molar refractivity (Wildman–Crippen MR) is 77.5 cm³/mol. The summed E-state index contributed by atoms with van der Waals surface area (Å²) in [4.78, 5) is 13.6. The minimum absolute atomic E-state index is 0.103. The fourth-order valence-corrected chi connectivity index (χ4v) is 1.91. The Morgan fingerprint density at radius 3 is 2.44 bits per heavy atom. The first kappa shape index (κ1) is 17.4. The lowest BCUT2D eigenvalue weighted by Gasteiger charge is -2.24. The number of carbonyl (C=O) groups is 1. The Morgan fingerprint density at radius 2 is 1.94 bits per heavy atom. The molecular formula is C14H31N3O. The summed E-state index contributed by atoms with van der Waals surface area (Å²) in [6.07, 6.45) is 4.56. The summed E-state index contributed by atoms with van der Waals surface area (Å²) in [6, 6.07) is 0. The molecule has 0 saturated carbocycles. The second kappa shape index (κ2) is 9.34. The number of nitrogens with zero attached hydrogens (tertiary/aromatic N) is 1. The number of nitrogens with two attached hydrogens (primary N) is 1. The van der Waals surface area contributed by atoms with Crippen LogP contribution in [0.25, 0.3) is 0 Å². The molecule has 0 aliphatic rings. The molecule has 108 valence electrons. The first-order chi connectivity index (χ1) is 8.45. The summed E-state index contributed by atoms with van der Waals surface area (Å²) in [5, 5.41) is 2.68. The molecule has 0 fully saturated rings. The van der Waals surface area contributed by atoms with Crippen molar-refractivity contribution in [1.29, 1.82) is 0 Å². The molecule has 0 aromatic heterocycles. The zero-order chi connectivity index (χ0) is 14.0. The van der Waals surface area contributed by atoms with Gasteiger partial charge in [-0.25, -0.2) is 0 Å². The highest BCUT2D eigenvalue weighted by Crippen LogP contribution is 2.21. The number of unbranched alkanes of at least 4 members (excludes halogenated alkanes) is 1. The van der Waals surface area contributed by atoms with Crippen LogP contribution in [0.4, 0.5) is 0 Å². The molecule has 0 rings (SSSR count). The normalized spacial score (nSPS) is 11.9. The van der Waals surface area contributed by atoms with E-state index in [1.54, 1.807) is 7.05 Å². The zero-order valence-corrected chi connectivity index (χ0v) is 12.6. The van der Waals surface area contributed by atoms with E-state index in [-0.39, 0.29) is 11.3 Å². The van der Waals surface area contributed by atoms with Gasteiger partial charge in [0.1, 0.15) is 0 Å². The van der Waals surface area contributed by atoms with Crippen LogP contribution in [0.1, 0.15) is 46.5 Å². The molecule has 0 radical (unpaired) electrons. The Kier molecular flexibility index (Phi) is 9.02. The number of likely N-dealkylation sites (N-methyl/N-ethyl adjacent to an activating group) is 1. The first-order valence-corrected chi connectivity index (χ1v) is 7.08. The van der Waals surface area contributed by atoms with E-state index in [9.17, 15) is 4.79 Å². The Labute approximate surface area is 112 Å². The largest absolute Gasteiger partial charge is 0.358 e. The van der Waals surface area contributed by atoms with Gasteiger partial charge in [0.25, 0.3) is 0 Å². The van der Waals surface area contributed by atoms with Crippen LogP contribution in [0.15, 0.2) is 0 Å². The summed E-state index contributed by atoms with van der Waals surface area (Å²) >= 11 is 0. The number of carbonyl (C=O) groups excluding carboxylic acids is 1. The van der Waals surface area contributed by atoms with Gasteiger partial charge >= 0.3 is 0 Å². The van der Waals surface area contributed by atoms with Gasteiger partial charge in [-0.15, -0.1) is 0 Å². The van der Waals surface area contributed by atoms with Gasteiger partial charge in [0, 0.05) is 7.05 Å². The van der Waals surface area contributed by atoms with Crippen LogP contribution >= 0.6 is 0 Å². The standard InChI is InChI=1S/C14H31N3O/c1-5-9-17(11-13(18)16-4)10-7-6-8-14(2,3)12-15/h5-12,15H2,1-4H3,(H,16,18). The monoisotopic (exact) mass is 257 g/mol. The van der Waals surface area contributed by atoms with Crippen LogP contribution in [0.2, 0.25) is 0 Å². The maximum atomic E-state index is 11.4. The van der Waals surface area contributed by atoms with E-state index in [1.807, 2.05) is 0 Å². The minimum atomic E-state index is 0.103. The van der Waals surface area contributed by atoms with Crippen molar-refractivity contribution in [3.63, 3.8) is 0 Å². The highest BCUT2D eigenvalue weighted by atomic mass is 16.1. The number of rotatable bonds is 10. The van der Waals surface area contributed by atoms with Gasteiger partial charge in [-0.1, -0.05) is 27.2 Å². The van der Waals surface area contributed by atoms with E-state index in [0.717, 1.165) is 38.9 Å². The number of nitrogens with one attached hydrogen (secondary N) is 1. The molecule has 0 aromatic rings. The molecule has 4 heteroatoms. The molecule has 18 heavy (non-hydrogen) atoms. The van der Waals surface area contributed by atoms with Gasteiger partial charge in [0.05, 0.1) is 6.54 Å². The molecule has 1 amide bonds. The molecule has 0 aliphatic heterocycles. The van der Waals surface area contributed by atoms with Crippen molar-refractivity contribution in [2.45, 2.75) is 46.5 Å². The third-order valence-electron chi connectivity index (χ3n) is 3.32. The van der Waals surface area contributed by atoms with E-state index >= 15 is 0 Å². The fraction of sp³-hybridized carbons (Fsp3) is 0.929. The van der Waals surface area contributed by atoms with Gasteiger partial charge < -0.3 is 11.1 Å². The molecule has 4 nitrogen and oxygen atoms in total. The van der Waals surface area contributed by atoms with Crippen LogP contribution in [0.5, 0.6) is 0 Å². The Morgan fingerprint density at radius 1 is 1.28 bits per heavy atom. The van der Waals surface area contributed by atoms with E-state index in [2.05, 4.69) is 31.0 Å². The molecular weight excluding hydrogens is 226 g/mol. The molecule has 0 heterocycles. The second-order valence-corrected chi connectivity index (χ2v) is 5.77. The summed E-state index contributed by atoms with van der Waals surface area (Å²) in [5.41, 5.74) is 5.96. The summed E-state index contributed by atoms with van der Waals surface area (Å²) in [5.74, 6) is 0.103. The molecule has 0 bridgehead atoms. The SMILES string of the molecule is CCCN(CCCCC(C)(C)CN)CC(=O)NC. The van der Waals surface area contributed by atoms with Crippen LogP contribution < -0.4 is 11.1 Å². The number of amides is 1. The average Bonchev–Trinajstić information content (AvgIpc) is 2.34. The Balaban J connectivity index is 3.86. The molecule has 0 aliphatic carbocycles. The van der Waals surface area contributed by atoms with Gasteiger partial charge in [-0.05, 0) is 44.3 Å². The van der Waals surface area contributed by atoms with Gasteiger partial charge in [-0.3, -0.25) is 9.69 Å². The van der Waals surface area contributed by atoms with Crippen molar-refractivity contribution >= 4 is 5.91 Å². The molecule has 0 spiro atoms. The molecule has 0 atom stereocenters. The molecule has 0 saturated heterocycles. The number of hydrogen-bond acceptors (Lipinski definition) is 3. The summed E-state index contributed by atoms with van der Waals surface area (Å²) in [7, 11) is 1.69. The van der Waals surface area contributed by atoms with Crippen LogP contribution in [0.3, 0.4) is 0 Å². The molecule has 0 aromatic carbocycles. The van der Waals surface area contributed by atoms with Crippen molar-refractivity contribution in [3.05, 3.63) is 0 Å². The Hall–Kier alpha value is -0.610. The highest BCUT2D eigenvalue weighted by Gasteiger charge is 2.15. The third kappa shape index (κ3) is 8.48. The van der Waals surface area contributed by atoms with Crippen molar-refractivity contribution < 1.29 is 4.79 Å². The smallest absolute Gasteiger partial charge is 0.233 e. The highest BCUT2D eigenvalue weighted by molar-refractivity contribution is 5.77. The first-order valence-electron chi connectivity index (χ1n) is 7.08. The quantitative estimate of drug-likeness (QED) is 0.584. The third-order valence-corrected chi connectivity index (χ3v) is 3.32. The lowest BCUT2D eigenvalue weighted by molar-refractivity contribution is -0.121. The summed E-state index contributed by atoms with van der Waals surface area (Å²) < 4.78 is 0. The van der Waals surface area contributed by atoms with Gasteiger partial charge in [-0.2, -0.15) is 0 Å². The van der Waals surface area contributed by atoms with E-state index in [0.29, 0.717) is 6.54 Å². The maximum Gasteiger partial charge on any atom is 0.233 e. The summed E-state index contributed by atoms with van der Waals surface area (Å²) in [6.45, 7) is 9.82. The van der Waals surface area contributed by atoms with Gasteiger partial charge in [0.2, 0.25) is 5.91 Å². The van der Waals surface area contributed by atoms with E-state index < -0.39 is 0 Å². The molecule has 0 unspecified atom stereocenters.